The lowest BCUT2D eigenvalue weighted by Crippen LogP contribution is -2.60. The van der Waals surface area contributed by atoms with E-state index in [1.807, 2.05) is 0 Å². The molecule has 1 saturated carbocycles. The fourth-order valence-corrected chi connectivity index (χ4v) is 4.39. The van der Waals surface area contributed by atoms with E-state index in [4.69, 9.17) is 18.9 Å². The molecule has 1 N–H and O–H groups in total. The number of carbonyl (C=O) groups excluding carboxylic acids is 2. The monoisotopic (exact) mass is 503 g/mol. The maximum atomic E-state index is 13.4. The van der Waals surface area contributed by atoms with Gasteiger partial charge >= 0.3 is 12.1 Å². The Labute approximate surface area is 202 Å². The first-order chi connectivity index (χ1) is 16.2. The molecule has 11 heteroatoms. The van der Waals surface area contributed by atoms with E-state index in [0.717, 1.165) is 12.1 Å². The van der Waals surface area contributed by atoms with E-state index in [2.05, 4.69) is 10.1 Å². The summed E-state index contributed by atoms with van der Waals surface area (Å²) in [5, 5.41) is 2.83. The summed E-state index contributed by atoms with van der Waals surface area (Å²) in [6.07, 6.45) is -6.37. The van der Waals surface area contributed by atoms with Gasteiger partial charge in [0.25, 0.3) is 5.91 Å². The van der Waals surface area contributed by atoms with Crippen molar-refractivity contribution in [2.45, 2.75) is 89.1 Å². The number of carbonyl (C=O) groups is 2. The highest BCUT2D eigenvalue weighted by Gasteiger charge is 2.58. The van der Waals surface area contributed by atoms with E-state index in [1.165, 1.54) is 19.2 Å². The van der Waals surface area contributed by atoms with Crippen LogP contribution in [0.15, 0.2) is 24.3 Å². The molecule has 196 valence electrons. The number of nitrogens with one attached hydrogen (secondary N) is 1. The van der Waals surface area contributed by atoms with Crippen LogP contribution in [0.1, 0.15) is 51.7 Å². The first kappa shape index (κ1) is 27.4. The number of benzene rings is 1. The Bertz CT molecular complexity index is 921. The Morgan fingerprint density at radius 2 is 1.91 bits per heavy atom. The van der Waals surface area contributed by atoms with Crippen LogP contribution in [0.3, 0.4) is 0 Å². The van der Waals surface area contributed by atoms with Crippen LogP contribution in [0.4, 0.5) is 13.2 Å². The van der Waals surface area contributed by atoms with Crippen molar-refractivity contribution in [3.05, 3.63) is 35.4 Å². The molecule has 1 amide bonds. The van der Waals surface area contributed by atoms with Crippen LogP contribution in [0.5, 0.6) is 0 Å². The third-order valence-electron chi connectivity index (χ3n) is 5.90. The normalized spacial score (nSPS) is 28.0. The highest BCUT2D eigenvalue weighted by atomic mass is 19.4. The van der Waals surface area contributed by atoms with Gasteiger partial charge in [-0.2, -0.15) is 13.2 Å². The van der Waals surface area contributed by atoms with Crippen molar-refractivity contribution in [1.29, 1.82) is 0 Å². The van der Waals surface area contributed by atoms with Gasteiger partial charge in [-0.1, -0.05) is 12.1 Å². The zero-order valence-corrected chi connectivity index (χ0v) is 20.4. The van der Waals surface area contributed by atoms with Gasteiger partial charge in [0.05, 0.1) is 31.5 Å². The van der Waals surface area contributed by atoms with Crippen molar-refractivity contribution in [3.63, 3.8) is 0 Å². The van der Waals surface area contributed by atoms with Gasteiger partial charge in [-0.3, -0.25) is 4.79 Å². The number of fused-ring (bicyclic) bond motifs is 1. The molecule has 1 saturated heterocycles. The predicted octanol–water partition coefficient (Wildman–Crippen LogP) is 3.36. The van der Waals surface area contributed by atoms with E-state index in [0.29, 0.717) is 0 Å². The van der Waals surface area contributed by atoms with Crippen LogP contribution in [0.2, 0.25) is 0 Å². The molecule has 2 aliphatic rings. The molecular weight excluding hydrogens is 471 g/mol. The largest absolute Gasteiger partial charge is 0.467 e. The van der Waals surface area contributed by atoms with Crippen molar-refractivity contribution in [2.75, 3.05) is 13.7 Å². The number of rotatable bonds is 8. The van der Waals surface area contributed by atoms with Crippen LogP contribution >= 0.6 is 0 Å². The summed E-state index contributed by atoms with van der Waals surface area (Å²) in [6, 6.07) is 4.53. The van der Waals surface area contributed by atoms with Crippen molar-refractivity contribution < 1.29 is 46.4 Å². The Morgan fingerprint density at radius 3 is 2.54 bits per heavy atom. The number of hydrogen-bond acceptors (Lipinski definition) is 7. The lowest BCUT2D eigenvalue weighted by Gasteiger charge is -2.43. The van der Waals surface area contributed by atoms with Crippen LogP contribution < -0.4 is 5.32 Å². The molecule has 0 aromatic heterocycles. The second-order valence-corrected chi connectivity index (χ2v) is 9.58. The third-order valence-corrected chi connectivity index (χ3v) is 5.90. The van der Waals surface area contributed by atoms with E-state index in [9.17, 15) is 22.8 Å². The summed E-state index contributed by atoms with van der Waals surface area (Å²) in [5.41, 5.74) is -2.05. The molecule has 3 rings (SSSR count). The first-order valence-electron chi connectivity index (χ1n) is 11.4. The zero-order valence-electron chi connectivity index (χ0n) is 20.4. The number of esters is 1. The van der Waals surface area contributed by atoms with Crippen LogP contribution in [-0.2, 0) is 46.1 Å². The number of amides is 1. The molecule has 0 radical (unpaired) electrons. The van der Waals surface area contributed by atoms with Crippen molar-refractivity contribution >= 4 is 11.9 Å². The van der Waals surface area contributed by atoms with Crippen LogP contribution in [-0.4, -0.2) is 61.3 Å². The van der Waals surface area contributed by atoms with Gasteiger partial charge in [-0.25, -0.2) is 4.79 Å². The highest BCUT2D eigenvalue weighted by molar-refractivity contribution is 5.86. The van der Waals surface area contributed by atoms with Gasteiger partial charge in [-0.05, 0) is 45.4 Å². The summed E-state index contributed by atoms with van der Waals surface area (Å²) in [6.45, 7) is 6.40. The molecule has 0 bridgehead atoms. The number of methoxy groups -OCH3 is 1. The average Bonchev–Trinajstić information content (AvgIpc) is 3.08. The van der Waals surface area contributed by atoms with E-state index < -0.39 is 53.3 Å². The lowest BCUT2D eigenvalue weighted by molar-refractivity contribution is -0.185. The Morgan fingerprint density at radius 1 is 1.20 bits per heavy atom. The van der Waals surface area contributed by atoms with Gasteiger partial charge in [0.15, 0.2) is 11.4 Å². The number of ether oxygens (including phenoxy) is 5. The Balaban J connectivity index is 1.90. The van der Waals surface area contributed by atoms with Gasteiger partial charge in [0, 0.05) is 18.9 Å². The Kier molecular flexibility index (Phi) is 8.15. The summed E-state index contributed by atoms with van der Waals surface area (Å²) in [7, 11) is 1.23. The summed E-state index contributed by atoms with van der Waals surface area (Å²) in [5.74, 6) is -2.02. The first-order valence-corrected chi connectivity index (χ1v) is 11.4. The minimum atomic E-state index is -4.51. The maximum absolute atomic E-state index is 13.4. The molecule has 1 aromatic rings. The predicted molar refractivity (Wildman–Crippen MR) is 117 cm³/mol. The molecule has 0 spiro atoms. The summed E-state index contributed by atoms with van der Waals surface area (Å²) < 4.78 is 68.1. The minimum Gasteiger partial charge on any atom is -0.467 e. The molecule has 1 aliphatic carbocycles. The average molecular weight is 504 g/mol. The molecule has 1 aromatic carbocycles. The van der Waals surface area contributed by atoms with Crippen molar-refractivity contribution in [3.8, 4) is 0 Å². The SMILES string of the molecule is COC(=O)COC1C[C@](OCc2cccc(C(F)(F)F)c2)(C(=O)NC(C)C)C[C@H]2OC(C)(C)O[C@@H]12. The second kappa shape index (κ2) is 10.4. The molecule has 1 heterocycles. The summed E-state index contributed by atoms with van der Waals surface area (Å²) in [4.78, 5) is 25.1. The molecule has 2 fully saturated rings. The maximum Gasteiger partial charge on any atom is 0.416 e. The second-order valence-electron chi connectivity index (χ2n) is 9.58. The number of hydrogen-bond donors (Lipinski definition) is 1. The minimum absolute atomic E-state index is 0.00210. The Hall–Kier alpha value is -2.21. The third kappa shape index (κ3) is 6.72. The molecule has 1 aliphatic heterocycles. The van der Waals surface area contributed by atoms with E-state index in [1.54, 1.807) is 27.7 Å². The highest BCUT2D eigenvalue weighted by Crippen LogP contribution is 2.44. The van der Waals surface area contributed by atoms with Crippen LogP contribution in [0.25, 0.3) is 0 Å². The summed E-state index contributed by atoms with van der Waals surface area (Å²) >= 11 is 0. The van der Waals surface area contributed by atoms with Gasteiger partial charge < -0.3 is 29.0 Å². The topological polar surface area (TPSA) is 92.3 Å². The lowest BCUT2D eigenvalue weighted by atomic mass is 9.78. The van der Waals surface area contributed by atoms with Crippen LogP contribution in [0, 0.1) is 0 Å². The van der Waals surface area contributed by atoms with Crippen molar-refractivity contribution in [2.24, 2.45) is 0 Å². The molecule has 8 nitrogen and oxygen atoms in total. The van der Waals surface area contributed by atoms with E-state index >= 15 is 0 Å². The standard InChI is InChI=1S/C24H32F3NO7/c1-14(2)28-21(30)23(33-12-15-7-6-8-16(9-15)24(25,26)27)10-17(32-13-19(29)31-5)20-18(11-23)34-22(3,4)35-20/h6-9,14,17-18,20H,10-13H2,1-5H3,(H,28,30)/t17?,18-,20+,23-/m1/s1. The quantitative estimate of drug-likeness (QED) is 0.544. The molecule has 4 atom stereocenters. The number of alkyl halides is 3. The van der Waals surface area contributed by atoms with Gasteiger partial charge in [-0.15, -0.1) is 0 Å². The molecular formula is C24H32F3NO7. The fraction of sp³-hybridized carbons (Fsp3) is 0.667. The molecule has 1 unspecified atom stereocenters. The number of halogens is 3. The molecule has 35 heavy (non-hydrogen) atoms. The van der Waals surface area contributed by atoms with Gasteiger partial charge in [0.2, 0.25) is 0 Å². The van der Waals surface area contributed by atoms with Gasteiger partial charge in [0.1, 0.15) is 12.7 Å². The smallest absolute Gasteiger partial charge is 0.416 e. The fourth-order valence-electron chi connectivity index (χ4n) is 4.39. The van der Waals surface area contributed by atoms with E-state index in [-0.39, 0.29) is 37.7 Å². The van der Waals surface area contributed by atoms with Crippen molar-refractivity contribution in [1.82, 2.24) is 5.32 Å². The zero-order chi connectivity index (χ0) is 26.0.